The summed E-state index contributed by atoms with van der Waals surface area (Å²) in [6.45, 7) is 1.89. The number of carbonyl (C=O) groups is 2. The van der Waals surface area contributed by atoms with Gasteiger partial charge in [0, 0.05) is 24.6 Å². The minimum atomic E-state index is -3.59. The molecule has 0 heterocycles. The predicted molar refractivity (Wildman–Crippen MR) is 124 cm³/mol. The van der Waals surface area contributed by atoms with E-state index in [1.807, 2.05) is 13.0 Å². The van der Waals surface area contributed by atoms with Gasteiger partial charge in [0.15, 0.2) is 5.78 Å². The van der Waals surface area contributed by atoms with Gasteiger partial charge in [0.1, 0.15) is 5.75 Å². The molecule has 8 heteroatoms. The van der Waals surface area contributed by atoms with Crippen molar-refractivity contribution in [2.45, 2.75) is 62.8 Å². The second-order valence-corrected chi connectivity index (χ2v) is 9.87. The summed E-state index contributed by atoms with van der Waals surface area (Å²) < 4.78 is 33.2. The van der Waals surface area contributed by atoms with E-state index >= 15 is 0 Å². The lowest BCUT2D eigenvalue weighted by molar-refractivity contribution is -0.116. The summed E-state index contributed by atoms with van der Waals surface area (Å²) in [7, 11) is -2.08. The Morgan fingerprint density at radius 1 is 1.00 bits per heavy atom. The molecule has 1 aliphatic rings. The molecule has 3 rings (SSSR count). The van der Waals surface area contributed by atoms with Crippen molar-refractivity contribution >= 4 is 27.4 Å². The molecular formula is C24H30N2O5S. The Kier molecular flexibility index (Phi) is 8.04. The third-order valence-corrected chi connectivity index (χ3v) is 7.15. The van der Waals surface area contributed by atoms with Crippen LogP contribution in [0.5, 0.6) is 5.75 Å². The van der Waals surface area contributed by atoms with E-state index in [2.05, 4.69) is 10.0 Å². The van der Waals surface area contributed by atoms with Crippen molar-refractivity contribution < 1.29 is 22.7 Å². The van der Waals surface area contributed by atoms with E-state index in [0.29, 0.717) is 17.0 Å². The van der Waals surface area contributed by atoms with Crippen LogP contribution in [-0.2, 0) is 14.8 Å². The number of hydrogen-bond donors (Lipinski definition) is 2. The first-order chi connectivity index (χ1) is 15.3. The number of methoxy groups -OCH3 is 1. The van der Waals surface area contributed by atoms with Crippen molar-refractivity contribution in [2.24, 2.45) is 0 Å². The summed E-state index contributed by atoms with van der Waals surface area (Å²) in [6.07, 6.45) is 5.01. The molecule has 7 nitrogen and oxygen atoms in total. The number of aryl methyl sites for hydroxylation is 1. The average molecular weight is 459 g/mol. The molecule has 0 aromatic heterocycles. The molecule has 0 spiro atoms. The molecule has 1 saturated carbocycles. The Balaban J connectivity index is 1.54. The molecule has 1 amide bonds. The number of benzene rings is 2. The zero-order chi connectivity index (χ0) is 23.1. The number of rotatable bonds is 9. The van der Waals surface area contributed by atoms with E-state index in [1.54, 1.807) is 24.3 Å². The van der Waals surface area contributed by atoms with Crippen LogP contribution in [0.25, 0.3) is 0 Å². The lowest BCUT2D eigenvalue weighted by Crippen LogP contribution is -2.36. The number of anilines is 1. The van der Waals surface area contributed by atoms with Crippen LogP contribution >= 0.6 is 0 Å². The number of carbonyl (C=O) groups excluding carboxylic acids is 2. The lowest BCUT2D eigenvalue weighted by atomic mass is 9.96. The normalized spacial score (nSPS) is 14.7. The van der Waals surface area contributed by atoms with Crippen LogP contribution in [0.2, 0.25) is 0 Å². The molecule has 0 atom stereocenters. The minimum absolute atomic E-state index is 0.0131. The van der Waals surface area contributed by atoms with Crippen LogP contribution < -0.4 is 14.8 Å². The van der Waals surface area contributed by atoms with Crippen molar-refractivity contribution in [2.75, 3.05) is 12.4 Å². The van der Waals surface area contributed by atoms with E-state index in [0.717, 1.165) is 37.7 Å². The van der Waals surface area contributed by atoms with Crippen LogP contribution in [0.1, 0.15) is 60.9 Å². The molecule has 2 N–H and O–H groups in total. The maximum absolute atomic E-state index is 12.6. The quantitative estimate of drug-likeness (QED) is 0.548. The fraction of sp³-hybridized carbons (Fsp3) is 0.417. The molecule has 0 aliphatic heterocycles. The molecule has 1 fully saturated rings. The summed E-state index contributed by atoms with van der Waals surface area (Å²) in [5.41, 5.74) is 1.87. The van der Waals surface area contributed by atoms with E-state index < -0.39 is 10.0 Å². The second kappa shape index (κ2) is 10.7. The number of nitrogens with one attached hydrogen (secondary N) is 2. The number of ketones is 1. The van der Waals surface area contributed by atoms with Gasteiger partial charge in [-0.15, -0.1) is 0 Å². The fourth-order valence-electron chi connectivity index (χ4n) is 3.85. The van der Waals surface area contributed by atoms with E-state index in [1.165, 1.54) is 19.2 Å². The summed E-state index contributed by atoms with van der Waals surface area (Å²) >= 11 is 0. The summed E-state index contributed by atoms with van der Waals surface area (Å²) in [6, 6.07) is 11.4. The SMILES string of the molecule is COc1ccc(C)cc1C(=O)CCC(=O)Nc1ccc(S(=O)(=O)NC2CCCCC2)cc1. The van der Waals surface area contributed by atoms with Crippen molar-refractivity contribution in [1.82, 2.24) is 4.72 Å². The van der Waals surface area contributed by atoms with Crippen LogP contribution in [0.3, 0.4) is 0 Å². The number of ether oxygens (including phenoxy) is 1. The predicted octanol–water partition coefficient (Wildman–Crippen LogP) is 4.22. The third-order valence-electron chi connectivity index (χ3n) is 5.61. The van der Waals surface area contributed by atoms with Crippen molar-refractivity contribution in [3.05, 3.63) is 53.6 Å². The molecule has 32 heavy (non-hydrogen) atoms. The zero-order valence-electron chi connectivity index (χ0n) is 18.5. The molecule has 0 bridgehead atoms. The number of amides is 1. The summed E-state index contributed by atoms with van der Waals surface area (Å²) in [4.78, 5) is 25.0. The van der Waals surface area contributed by atoms with Crippen molar-refractivity contribution in [3.63, 3.8) is 0 Å². The van der Waals surface area contributed by atoms with Crippen molar-refractivity contribution in [3.8, 4) is 5.75 Å². The smallest absolute Gasteiger partial charge is 0.240 e. The Hall–Kier alpha value is -2.71. The van der Waals surface area contributed by atoms with Crippen LogP contribution in [0.15, 0.2) is 47.4 Å². The van der Waals surface area contributed by atoms with Gasteiger partial charge in [0.25, 0.3) is 0 Å². The van der Waals surface area contributed by atoms with Crippen LogP contribution in [0, 0.1) is 6.92 Å². The monoisotopic (exact) mass is 458 g/mol. The first-order valence-electron chi connectivity index (χ1n) is 10.9. The van der Waals surface area contributed by atoms with Gasteiger partial charge in [-0.1, -0.05) is 30.9 Å². The topological polar surface area (TPSA) is 102 Å². The fourth-order valence-corrected chi connectivity index (χ4v) is 5.16. The highest BCUT2D eigenvalue weighted by Gasteiger charge is 2.22. The first kappa shape index (κ1) is 23.9. The summed E-state index contributed by atoms with van der Waals surface area (Å²) in [5.74, 6) is -0.00326. The number of hydrogen-bond acceptors (Lipinski definition) is 5. The molecule has 2 aromatic carbocycles. The Bertz CT molecular complexity index is 1060. The van der Waals surface area contributed by atoms with Gasteiger partial charge < -0.3 is 10.1 Å². The van der Waals surface area contributed by atoms with Gasteiger partial charge in [-0.05, 0) is 56.2 Å². The largest absolute Gasteiger partial charge is 0.496 e. The third kappa shape index (κ3) is 6.40. The number of sulfonamides is 1. The van der Waals surface area contributed by atoms with Crippen LogP contribution in [-0.4, -0.2) is 33.3 Å². The van der Waals surface area contributed by atoms with Gasteiger partial charge in [-0.25, -0.2) is 13.1 Å². The Labute approximate surface area is 189 Å². The minimum Gasteiger partial charge on any atom is -0.496 e. The molecule has 1 aliphatic carbocycles. The van der Waals surface area contributed by atoms with Gasteiger partial charge in [0.2, 0.25) is 15.9 Å². The Morgan fingerprint density at radius 2 is 1.69 bits per heavy atom. The van der Waals surface area contributed by atoms with Gasteiger partial charge in [-0.2, -0.15) is 0 Å². The highest BCUT2D eigenvalue weighted by atomic mass is 32.2. The zero-order valence-corrected chi connectivity index (χ0v) is 19.3. The van der Waals surface area contributed by atoms with E-state index in [4.69, 9.17) is 4.74 Å². The molecule has 0 unspecified atom stereocenters. The maximum Gasteiger partial charge on any atom is 0.240 e. The molecule has 2 aromatic rings. The van der Waals surface area contributed by atoms with Gasteiger partial charge in [-0.3, -0.25) is 9.59 Å². The van der Waals surface area contributed by atoms with Gasteiger partial charge in [0.05, 0.1) is 17.6 Å². The van der Waals surface area contributed by atoms with E-state index in [-0.39, 0.29) is 35.5 Å². The molecule has 172 valence electrons. The number of Topliss-reactive ketones (excluding diaryl/α,β-unsaturated/α-hetero) is 1. The van der Waals surface area contributed by atoms with Gasteiger partial charge >= 0.3 is 0 Å². The molecular weight excluding hydrogens is 428 g/mol. The molecule has 0 radical (unpaired) electrons. The van der Waals surface area contributed by atoms with Crippen molar-refractivity contribution in [1.29, 1.82) is 0 Å². The average Bonchev–Trinajstić information content (AvgIpc) is 2.78. The highest BCUT2D eigenvalue weighted by Crippen LogP contribution is 2.23. The standard InChI is InChI=1S/C24H30N2O5S/c1-17-8-14-23(31-2)21(16-17)22(27)13-15-24(28)25-18-9-11-20(12-10-18)32(29,30)26-19-6-4-3-5-7-19/h8-12,14,16,19,26H,3-7,13,15H2,1-2H3,(H,25,28). The van der Waals surface area contributed by atoms with E-state index in [9.17, 15) is 18.0 Å². The van der Waals surface area contributed by atoms with Crippen LogP contribution in [0.4, 0.5) is 5.69 Å². The molecule has 0 saturated heterocycles. The maximum atomic E-state index is 12.6. The highest BCUT2D eigenvalue weighted by molar-refractivity contribution is 7.89. The second-order valence-electron chi connectivity index (χ2n) is 8.16. The summed E-state index contributed by atoms with van der Waals surface area (Å²) in [5, 5.41) is 2.71. The lowest BCUT2D eigenvalue weighted by Gasteiger charge is -2.22. The Morgan fingerprint density at radius 3 is 2.34 bits per heavy atom. The first-order valence-corrected chi connectivity index (χ1v) is 12.4.